The van der Waals surface area contributed by atoms with Crippen molar-refractivity contribution < 1.29 is 19.1 Å². The molecule has 1 aliphatic rings. The van der Waals surface area contributed by atoms with Crippen LogP contribution in [0.1, 0.15) is 32.8 Å². The lowest BCUT2D eigenvalue weighted by molar-refractivity contribution is -0.120. The van der Waals surface area contributed by atoms with Gasteiger partial charge in [0.2, 0.25) is 5.91 Å². The van der Waals surface area contributed by atoms with Gasteiger partial charge in [-0.3, -0.25) is 15.0 Å². The molecule has 8 nitrogen and oxygen atoms in total. The van der Waals surface area contributed by atoms with Crippen LogP contribution in [0.2, 0.25) is 0 Å². The summed E-state index contributed by atoms with van der Waals surface area (Å²) in [6, 6.07) is 8.99. The fourth-order valence-corrected chi connectivity index (χ4v) is 2.75. The van der Waals surface area contributed by atoms with E-state index in [0.717, 1.165) is 5.56 Å². The van der Waals surface area contributed by atoms with E-state index in [1.165, 1.54) is 0 Å². The van der Waals surface area contributed by atoms with Gasteiger partial charge >= 0.3 is 12.1 Å². The molecule has 0 spiro atoms. The summed E-state index contributed by atoms with van der Waals surface area (Å²) in [5.74, 6) is -0.319. The Balaban J connectivity index is 1.61. The number of nitrogens with one attached hydrogen (secondary N) is 2. The average Bonchev–Trinajstić information content (AvgIpc) is 2.64. The monoisotopic (exact) mass is 390 g/mol. The summed E-state index contributed by atoms with van der Waals surface area (Å²) in [7, 11) is 0. The first-order chi connectivity index (χ1) is 13.2. The van der Waals surface area contributed by atoms with Crippen LogP contribution in [-0.2, 0) is 16.1 Å². The number of hydrogen-bond acceptors (Lipinski definition) is 5. The summed E-state index contributed by atoms with van der Waals surface area (Å²) in [4.78, 5) is 39.6. The molecule has 1 aromatic carbocycles. The second kappa shape index (κ2) is 10.1. The molecule has 1 aromatic rings. The predicted molar refractivity (Wildman–Crippen MR) is 106 cm³/mol. The van der Waals surface area contributed by atoms with Gasteiger partial charge in [0.05, 0.1) is 0 Å². The van der Waals surface area contributed by atoms with E-state index in [1.54, 1.807) is 4.90 Å². The van der Waals surface area contributed by atoms with E-state index in [-0.39, 0.29) is 18.4 Å². The third kappa shape index (κ3) is 7.96. The van der Waals surface area contributed by atoms with Gasteiger partial charge in [0.1, 0.15) is 5.60 Å². The van der Waals surface area contributed by atoms with E-state index >= 15 is 0 Å². The maximum atomic E-state index is 12.0. The molecule has 2 N–H and O–H groups in total. The molecule has 0 unspecified atom stereocenters. The number of rotatable bonds is 5. The van der Waals surface area contributed by atoms with Gasteiger partial charge < -0.3 is 15.0 Å². The van der Waals surface area contributed by atoms with Crippen molar-refractivity contribution in [2.45, 2.75) is 39.3 Å². The first-order valence-corrected chi connectivity index (χ1v) is 9.55. The molecule has 0 atom stereocenters. The molecule has 8 heteroatoms. The molecule has 154 valence electrons. The van der Waals surface area contributed by atoms with Crippen LogP contribution >= 0.6 is 0 Å². The lowest BCUT2D eigenvalue weighted by Crippen LogP contribution is -2.50. The molecule has 1 aliphatic heterocycles. The number of urea groups is 1. The number of carbonyl (C=O) groups excluding carboxylic acids is 3. The van der Waals surface area contributed by atoms with Crippen LogP contribution in [0.4, 0.5) is 9.59 Å². The Hall–Kier alpha value is -2.61. The lowest BCUT2D eigenvalue weighted by atomic mass is 10.2. The number of piperazine rings is 1. The van der Waals surface area contributed by atoms with Crippen molar-refractivity contribution in [3.63, 3.8) is 0 Å². The zero-order chi connectivity index (χ0) is 20.6. The van der Waals surface area contributed by atoms with Gasteiger partial charge in [-0.1, -0.05) is 30.3 Å². The largest absolute Gasteiger partial charge is 0.444 e. The molecule has 2 rings (SSSR count). The quantitative estimate of drug-likeness (QED) is 0.802. The molecule has 1 saturated heterocycles. The van der Waals surface area contributed by atoms with Crippen LogP contribution in [-0.4, -0.2) is 66.2 Å². The van der Waals surface area contributed by atoms with Crippen molar-refractivity contribution in [2.24, 2.45) is 0 Å². The van der Waals surface area contributed by atoms with E-state index < -0.39 is 11.6 Å². The number of nitrogens with zero attached hydrogens (tertiary/aromatic N) is 2. The molecular formula is C20H30N4O4. The van der Waals surface area contributed by atoms with E-state index in [1.807, 2.05) is 51.1 Å². The van der Waals surface area contributed by atoms with E-state index in [0.29, 0.717) is 39.3 Å². The second-order valence-corrected chi connectivity index (χ2v) is 7.78. The Morgan fingerprint density at radius 1 is 1.04 bits per heavy atom. The van der Waals surface area contributed by atoms with Crippen LogP contribution in [0.25, 0.3) is 0 Å². The number of ether oxygens (including phenoxy) is 1. The lowest BCUT2D eigenvalue weighted by Gasteiger charge is -2.35. The Morgan fingerprint density at radius 3 is 2.29 bits per heavy atom. The third-order valence-corrected chi connectivity index (χ3v) is 4.23. The van der Waals surface area contributed by atoms with E-state index in [4.69, 9.17) is 4.74 Å². The second-order valence-electron chi connectivity index (χ2n) is 7.78. The molecule has 28 heavy (non-hydrogen) atoms. The first kappa shape index (κ1) is 21.7. The smallest absolute Gasteiger partial charge is 0.410 e. The van der Waals surface area contributed by atoms with Crippen molar-refractivity contribution in [1.29, 1.82) is 0 Å². The topological polar surface area (TPSA) is 91.0 Å². The maximum absolute atomic E-state index is 12.0. The summed E-state index contributed by atoms with van der Waals surface area (Å²) in [5, 5.41) is 5.00. The molecule has 1 heterocycles. The summed E-state index contributed by atoms with van der Waals surface area (Å²) in [6.45, 7) is 8.91. The molecule has 0 aromatic heterocycles. The molecule has 0 bridgehead atoms. The zero-order valence-corrected chi connectivity index (χ0v) is 16.9. The number of imide groups is 1. The maximum Gasteiger partial charge on any atom is 0.410 e. The minimum Gasteiger partial charge on any atom is -0.444 e. The van der Waals surface area contributed by atoms with Crippen molar-refractivity contribution >= 4 is 18.0 Å². The number of benzene rings is 1. The highest BCUT2D eigenvalue weighted by Gasteiger charge is 2.25. The Morgan fingerprint density at radius 2 is 1.68 bits per heavy atom. The number of carbonyl (C=O) groups is 3. The van der Waals surface area contributed by atoms with Gasteiger partial charge in [0.25, 0.3) is 0 Å². The van der Waals surface area contributed by atoms with Crippen LogP contribution in [0.15, 0.2) is 30.3 Å². The fourth-order valence-electron chi connectivity index (χ4n) is 2.75. The molecule has 1 fully saturated rings. The third-order valence-electron chi connectivity index (χ3n) is 4.23. The van der Waals surface area contributed by atoms with Crippen molar-refractivity contribution in [2.75, 3.05) is 32.7 Å². The highest BCUT2D eigenvalue weighted by atomic mass is 16.6. The standard InChI is InChI=1S/C20H30N4O4/c1-20(2,3)28-19(27)24-13-11-23(12-14-24)10-9-17(25)22-18(26)21-15-16-7-5-4-6-8-16/h4-8H,9-15H2,1-3H3,(H2,21,22,25,26). The van der Waals surface area contributed by atoms with Gasteiger partial charge in [-0.05, 0) is 26.3 Å². The highest BCUT2D eigenvalue weighted by molar-refractivity contribution is 5.94. The molecule has 4 amide bonds. The summed E-state index contributed by atoms with van der Waals surface area (Å²) in [6.07, 6.45) is -0.0782. The molecule has 0 saturated carbocycles. The van der Waals surface area contributed by atoms with Crippen LogP contribution in [0, 0.1) is 0 Å². The highest BCUT2D eigenvalue weighted by Crippen LogP contribution is 2.12. The fraction of sp³-hybridized carbons (Fsp3) is 0.550. The average molecular weight is 390 g/mol. The van der Waals surface area contributed by atoms with Crippen molar-refractivity contribution in [3.05, 3.63) is 35.9 Å². The minimum absolute atomic E-state index is 0.227. The van der Waals surface area contributed by atoms with E-state index in [2.05, 4.69) is 15.5 Å². The van der Waals surface area contributed by atoms with Gasteiger partial charge in [-0.2, -0.15) is 0 Å². The SMILES string of the molecule is CC(C)(C)OC(=O)N1CCN(CCC(=O)NC(=O)NCc2ccccc2)CC1. The Bertz CT molecular complexity index is 665. The number of hydrogen-bond donors (Lipinski definition) is 2. The normalized spacial score (nSPS) is 15.0. The van der Waals surface area contributed by atoms with Crippen molar-refractivity contribution in [3.8, 4) is 0 Å². The van der Waals surface area contributed by atoms with Gasteiger partial charge in [-0.15, -0.1) is 0 Å². The predicted octanol–water partition coefficient (Wildman–Crippen LogP) is 1.96. The molecule has 0 aliphatic carbocycles. The van der Waals surface area contributed by atoms with Crippen molar-refractivity contribution in [1.82, 2.24) is 20.4 Å². The molecular weight excluding hydrogens is 360 g/mol. The Labute approximate surface area is 166 Å². The van der Waals surface area contributed by atoms with Crippen LogP contribution < -0.4 is 10.6 Å². The van der Waals surface area contributed by atoms with Gasteiger partial charge in [0.15, 0.2) is 0 Å². The van der Waals surface area contributed by atoms with E-state index in [9.17, 15) is 14.4 Å². The number of amides is 4. The minimum atomic E-state index is -0.507. The first-order valence-electron chi connectivity index (χ1n) is 9.55. The summed E-state index contributed by atoms with van der Waals surface area (Å²) in [5.41, 5.74) is 0.459. The Kier molecular flexibility index (Phi) is 7.80. The van der Waals surface area contributed by atoms with Crippen LogP contribution in [0.5, 0.6) is 0 Å². The van der Waals surface area contributed by atoms with Gasteiger partial charge in [0, 0.05) is 45.7 Å². The summed E-state index contributed by atoms with van der Waals surface area (Å²) >= 11 is 0. The summed E-state index contributed by atoms with van der Waals surface area (Å²) < 4.78 is 5.37. The van der Waals surface area contributed by atoms with Gasteiger partial charge in [-0.25, -0.2) is 9.59 Å². The van der Waals surface area contributed by atoms with Crippen LogP contribution in [0.3, 0.4) is 0 Å². The molecule has 0 radical (unpaired) electrons. The zero-order valence-electron chi connectivity index (χ0n) is 16.9.